The predicted octanol–water partition coefficient (Wildman–Crippen LogP) is 4.23. The van der Waals surface area contributed by atoms with E-state index in [2.05, 4.69) is 5.32 Å². The van der Waals surface area contributed by atoms with Crippen LogP contribution in [0.25, 0.3) is 0 Å². The summed E-state index contributed by atoms with van der Waals surface area (Å²) in [6, 6.07) is 11.8. The van der Waals surface area contributed by atoms with Crippen LogP contribution in [-0.2, 0) is 16.1 Å². The van der Waals surface area contributed by atoms with Crippen LogP contribution in [0.5, 0.6) is 5.75 Å². The largest absolute Gasteiger partial charge is 0.484 e. The average Bonchev–Trinajstić information content (AvgIpc) is 2.66. The van der Waals surface area contributed by atoms with Crippen molar-refractivity contribution in [2.75, 3.05) is 13.2 Å². The van der Waals surface area contributed by atoms with Gasteiger partial charge in [0.2, 0.25) is 5.91 Å². The minimum Gasteiger partial charge on any atom is -0.484 e. The Kier molecular flexibility index (Phi) is 8.15. The molecule has 7 heteroatoms. The Bertz CT molecular complexity index is 822. The standard InChI is InChI=1S/C21H24Cl2N2O3/c1-4-24-21(27)15(3)25(12-17-18(22)9-6-10-19(17)23)20(26)13-28-16-8-5-7-14(2)11-16/h5-11,15H,4,12-13H2,1-3H3,(H,24,27)/t15-/m1/s1. The molecular formula is C21H24Cl2N2O3. The van der Waals surface area contributed by atoms with Gasteiger partial charge in [0, 0.05) is 28.7 Å². The lowest BCUT2D eigenvalue weighted by Crippen LogP contribution is -2.49. The highest BCUT2D eigenvalue weighted by molar-refractivity contribution is 6.36. The van der Waals surface area contributed by atoms with Crippen molar-refractivity contribution in [3.05, 3.63) is 63.6 Å². The van der Waals surface area contributed by atoms with Crippen LogP contribution in [0.1, 0.15) is 25.0 Å². The topological polar surface area (TPSA) is 58.6 Å². The fourth-order valence-electron chi connectivity index (χ4n) is 2.69. The molecule has 0 radical (unpaired) electrons. The maximum atomic E-state index is 12.9. The molecule has 0 unspecified atom stereocenters. The van der Waals surface area contributed by atoms with Crippen molar-refractivity contribution < 1.29 is 14.3 Å². The summed E-state index contributed by atoms with van der Waals surface area (Å²) in [7, 11) is 0. The second-order valence-electron chi connectivity index (χ2n) is 6.40. The summed E-state index contributed by atoms with van der Waals surface area (Å²) < 4.78 is 5.63. The number of halogens is 2. The van der Waals surface area contributed by atoms with E-state index in [4.69, 9.17) is 27.9 Å². The highest BCUT2D eigenvalue weighted by Gasteiger charge is 2.27. The summed E-state index contributed by atoms with van der Waals surface area (Å²) in [5, 5.41) is 3.61. The second-order valence-corrected chi connectivity index (χ2v) is 7.21. The van der Waals surface area contributed by atoms with E-state index in [-0.39, 0.29) is 25.0 Å². The number of ether oxygens (including phenoxy) is 1. The second kappa shape index (κ2) is 10.3. The summed E-state index contributed by atoms with van der Waals surface area (Å²) in [4.78, 5) is 26.7. The van der Waals surface area contributed by atoms with E-state index in [0.29, 0.717) is 27.9 Å². The number of rotatable bonds is 8. The fraction of sp³-hybridized carbons (Fsp3) is 0.333. The van der Waals surface area contributed by atoms with Crippen molar-refractivity contribution in [3.63, 3.8) is 0 Å². The van der Waals surface area contributed by atoms with E-state index in [1.165, 1.54) is 4.90 Å². The molecule has 0 saturated carbocycles. The van der Waals surface area contributed by atoms with Crippen LogP contribution >= 0.6 is 23.2 Å². The first kappa shape index (κ1) is 22.1. The maximum absolute atomic E-state index is 12.9. The summed E-state index contributed by atoms with van der Waals surface area (Å²) in [6.45, 7) is 5.81. The molecular weight excluding hydrogens is 399 g/mol. The van der Waals surface area contributed by atoms with Gasteiger partial charge in [0.15, 0.2) is 6.61 Å². The number of likely N-dealkylation sites (N-methyl/N-ethyl adjacent to an activating group) is 1. The highest BCUT2D eigenvalue weighted by atomic mass is 35.5. The van der Waals surface area contributed by atoms with Gasteiger partial charge >= 0.3 is 0 Å². The van der Waals surface area contributed by atoms with Gasteiger partial charge in [-0.3, -0.25) is 9.59 Å². The van der Waals surface area contributed by atoms with Crippen LogP contribution in [-0.4, -0.2) is 35.9 Å². The summed E-state index contributed by atoms with van der Waals surface area (Å²) in [6.07, 6.45) is 0. The Morgan fingerprint density at radius 1 is 1.14 bits per heavy atom. The van der Waals surface area contributed by atoms with E-state index in [0.717, 1.165) is 5.56 Å². The van der Waals surface area contributed by atoms with Crippen molar-refractivity contribution >= 4 is 35.0 Å². The molecule has 0 aliphatic carbocycles. The number of hydrogen-bond acceptors (Lipinski definition) is 3. The monoisotopic (exact) mass is 422 g/mol. The lowest BCUT2D eigenvalue weighted by atomic mass is 10.1. The van der Waals surface area contributed by atoms with Crippen LogP contribution in [0.2, 0.25) is 10.0 Å². The van der Waals surface area contributed by atoms with E-state index in [9.17, 15) is 9.59 Å². The number of benzene rings is 2. The van der Waals surface area contributed by atoms with Crippen molar-refractivity contribution in [1.29, 1.82) is 0 Å². The normalized spacial score (nSPS) is 11.6. The summed E-state index contributed by atoms with van der Waals surface area (Å²) in [5.74, 6) is 0.000524. The molecule has 5 nitrogen and oxygen atoms in total. The number of amides is 2. The number of carbonyl (C=O) groups is 2. The number of aryl methyl sites for hydroxylation is 1. The molecule has 28 heavy (non-hydrogen) atoms. The zero-order valence-corrected chi connectivity index (χ0v) is 17.7. The zero-order chi connectivity index (χ0) is 20.7. The lowest BCUT2D eigenvalue weighted by molar-refractivity contribution is -0.142. The smallest absolute Gasteiger partial charge is 0.261 e. The van der Waals surface area contributed by atoms with Gasteiger partial charge in [0.05, 0.1) is 0 Å². The third kappa shape index (κ3) is 5.88. The molecule has 0 bridgehead atoms. The minimum absolute atomic E-state index is 0.104. The van der Waals surface area contributed by atoms with Gasteiger partial charge in [0.1, 0.15) is 11.8 Å². The van der Waals surface area contributed by atoms with E-state index in [1.54, 1.807) is 31.2 Å². The van der Waals surface area contributed by atoms with E-state index in [1.807, 2.05) is 32.0 Å². The molecule has 0 fully saturated rings. The van der Waals surface area contributed by atoms with Crippen LogP contribution in [0.15, 0.2) is 42.5 Å². The van der Waals surface area contributed by atoms with Crippen LogP contribution in [0.3, 0.4) is 0 Å². The van der Waals surface area contributed by atoms with Crippen molar-refractivity contribution in [2.45, 2.75) is 33.4 Å². The number of hydrogen-bond donors (Lipinski definition) is 1. The molecule has 2 aromatic rings. The molecule has 2 aromatic carbocycles. The number of carbonyl (C=O) groups excluding carboxylic acids is 2. The highest BCUT2D eigenvalue weighted by Crippen LogP contribution is 2.26. The first-order valence-electron chi connectivity index (χ1n) is 9.03. The first-order chi connectivity index (χ1) is 13.3. The Morgan fingerprint density at radius 2 is 1.79 bits per heavy atom. The molecule has 0 saturated heterocycles. The van der Waals surface area contributed by atoms with Crippen molar-refractivity contribution in [1.82, 2.24) is 10.2 Å². The molecule has 0 aliphatic rings. The molecule has 2 rings (SSSR count). The summed E-state index contributed by atoms with van der Waals surface area (Å²) in [5.41, 5.74) is 1.62. The molecule has 1 atom stereocenters. The molecule has 0 spiro atoms. The van der Waals surface area contributed by atoms with Gasteiger partial charge in [-0.25, -0.2) is 0 Å². The van der Waals surface area contributed by atoms with Crippen LogP contribution in [0.4, 0.5) is 0 Å². The quantitative estimate of drug-likeness (QED) is 0.691. The summed E-state index contributed by atoms with van der Waals surface area (Å²) >= 11 is 12.5. The van der Waals surface area contributed by atoms with Gasteiger partial charge in [-0.1, -0.05) is 41.4 Å². The number of nitrogens with one attached hydrogen (secondary N) is 1. The fourth-order valence-corrected chi connectivity index (χ4v) is 3.21. The Balaban J connectivity index is 2.21. The third-order valence-electron chi connectivity index (χ3n) is 4.26. The van der Waals surface area contributed by atoms with Gasteiger partial charge < -0.3 is 15.0 Å². The van der Waals surface area contributed by atoms with Crippen LogP contribution in [0, 0.1) is 6.92 Å². The van der Waals surface area contributed by atoms with Gasteiger partial charge in [-0.05, 0) is 50.6 Å². The van der Waals surface area contributed by atoms with Gasteiger partial charge in [-0.15, -0.1) is 0 Å². The maximum Gasteiger partial charge on any atom is 0.261 e. The predicted molar refractivity (Wildman–Crippen MR) is 112 cm³/mol. The van der Waals surface area contributed by atoms with Crippen LogP contribution < -0.4 is 10.1 Å². The van der Waals surface area contributed by atoms with Gasteiger partial charge in [0.25, 0.3) is 5.91 Å². The first-order valence-corrected chi connectivity index (χ1v) is 9.78. The molecule has 1 N–H and O–H groups in total. The molecule has 150 valence electrons. The Labute approximate surface area is 175 Å². The van der Waals surface area contributed by atoms with E-state index >= 15 is 0 Å². The molecule has 0 aliphatic heterocycles. The van der Waals surface area contributed by atoms with Gasteiger partial charge in [-0.2, -0.15) is 0 Å². The Morgan fingerprint density at radius 3 is 2.39 bits per heavy atom. The third-order valence-corrected chi connectivity index (χ3v) is 4.97. The SMILES string of the molecule is CCNC(=O)[C@@H](C)N(Cc1c(Cl)cccc1Cl)C(=O)COc1cccc(C)c1. The molecule has 0 aromatic heterocycles. The molecule has 0 heterocycles. The average molecular weight is 423 g/mol. The lowest BCUT2D eigenvalue weighted by Gasteiger charge is -2.29. The zero-order valence-electron chi connectivity index (χ0n) is 16.2. The Hall–Kier alpha value is -2.24. The van der Waals surface area contributed by atoms with Crippen molar-refractivity contribution in [2.24, 2.45) is 0 Å². The van der Waals surface area contributed by atoms with Crippen molar-refractivity contribution in [3.8, 4) is 5.75 Å². The van der Waals surface area contributed by atoms with E-state index < -0.39 is 6.04 Å². The number of nitrogens with zero attached hydrogens (tertiary/aromatic N) is 1. The molecule has 2 amide bonds. The minimum atomic E-state index is -0.708.